The molecule has 2 N–H and O–H groups in total. The summed E-state index contributed by atoms with van der Waals surface area (Å²) >= 11 is 0. The number of ether oxygens (including phenoxy) is 2. The minimum atomic E-state index is -0.795. The third kappa shape index (κ3) is 5.86. The monoisotopic (exact) mass is 399 g/mol. The maximum absolute atomic E-state index is 12.3. The number of fused-ring (bicyclic) bond motifs is 1. The summed E-state index contributed by atoms with van der Waals surface area (Å²) in [4.78, 5) is 23.6. The lowest BCUT2D eigenvalue weighted by Gasteiger charge is -2.36. The van der Waals surface area contributed by atoms with E-state index in [2.05, 4.69) is 5.32 Å². The number of carbonyl (C=O) groups excluding carboxylic acids is 1. The Morgan fingerprint density at radius 1 is 1.14 bits per heavy atom. The molecule has 0 saturated heterocycles. The van der Waals surface area contributed by atoms with Gasteiger partial charge in [-0.15, -0.1) is 0 Å². The Kier molecular flexibility index (Phi) is 6.96. The molecule has 1 heterocycles. The fraction of sp³-hybridized carbons (Fsp3) is 0.478. The molecule has 1 saturated carbocycles. The van der Waals surface area contributed by atoms with E-state index < -0.39 is 5.97 Å². The van der Waals surface area contributed by atoms with Crippen molar-refractivity contribution in [3.05, 3.63) is 41.5 Å². The molecule has 6 nitrogen and oxygen atoms in total. The number of rotatable bonds is 8. The predicted octanol–water partition coefficient (Wildman–Crippen LogP) is 4.31. The summed E-state index contributed by atoms with van der Waals surface area (Å²) in [6.07, 6.45) is 11.1. The molecular formula is C23H29NO5. The molecule has 1 aromatic rings. The molecule has 1 aromatic carbocycles. The molecule has 3 rings (SSSR count). The molecule has 0 bridgehead atoms. The standard InChI is InChI=1S/C23H29NO5/c1-2-17(12-18-6-8-19-20(13-18)29-16-28-19)7-9-21(25)24-15-23(14-22(26)27)10-4-3-5-11-23/h6-9,12-13H,2-5,10-11,14-16H2,1H3,(H,24,25)(H,26,27)/b9-7+,17-12+. The van der Waals surface area contributed by atoms with Crippen molar-refractivity contribution < 1.29 is 24.2 Å². The van der Waals surface area contributed by atoms with Crippen molar-refractivity contribution in [1.82, 2.24) is 5.32 Å². The molecule has 0 unspecified atom stereocenters. The van der Waals surface area contributed by atoms with Crippen LogP contribution in [0.1, 0.15) is 57.4 Å². The fourth-order valence-electron chi connectivity index (χ4n) is 4.04. The van der Waals surface area contributed by atoms with E-state index in [4.69, 9.17) is 9.47 Å². The van der Waals surface area contributed by atoms with Gasteiger partial charge in [0.05, 0.1) is 6.42 Å². The zero-order valence-electron chi connectivity index (χ0n) is 16.9. The highest BCUT2D eigenvalue weighted by atomic mass is 16.7. The number of carbonyl (C=O) groups is 2. The molecule has 0 radical (unpaired) electrons. The zero-order valence-corrected chi connectivity index (χ0v) is 16.9. The van der Waals surface area contributed by atoms with Gasteiger partial charge in [-0.05, 0) is 47.9 Å². The van der Waals surface area contributed by atoms with Gasteiger partial charge < -0.3 is 19.9 Å². The number of hydrogen-bond acceptors (Lipinski definition) is 4. The Labute approximate surface area is 171 Å². The number of carboxylic acids is 1. The average molecular weight is 399 g/mol. The number of carboxylic acid groups (broad SMARTS) is 1. The largest absolute Gasteiger partial charge is 0.481 e. The van der Waals surface area contributed by atoms with Crippen LogP contribution in [0, 0.1) is 5.41 Å². The van der Waals surface area contributed by atoms with Crippen molar-refractivity contribution in [2.45, 2.75) is 51.9 Å². The van der Waals surface area contributed by atoms with Crippen molar-refractivity contribution >= 4 is 18.0 Å². The molecule has 2 aliphatic rings. The quantitative estimate of drug-likeness (QED) is 0.503. The minimum absolute atomic E-state index is 0.112. The number of hydrogen-bond donors (Lipinski definition) is 2. The van der Waals surface area contributed by atoms with Crippen LogP contribution in [0.5, 0.6) is 11.5 Å². The van der Waals surface area contributed by atoms with Crippen LogP contribution in [0.3, 0.4) is 0 Å². The lowest BCUT2D eigenvalue weighted by atomic mass is 9.71. The first kappa shape index (κ1) is 21.0. The number of allylic oxidation sites excluding steroid dienone is 2. The van der Waals surface area contributed by atoms with Gasteiger partial charge in [-0.1, -0.05) is 44.4 Å². The molecule has 0 atom stereocenters. The van der Waals surface area contributed by atoms with E-state index in [1.807, 2.05) is 37.3 Å². The van der Waals surface area contributed by atoms with Crippen molar-refractivity contribution in [2.24, 2.45) is 5.41 Å². The Hall–Kier alpha value is -2.76. The van der Waals surface area contributed by atoms with E-state index in [0.717, 1.165) is 61.2 Å². The molecule has 1 aliphatic carbocycles. The highest BCUT2D eigenvalue weighted by Crippen LogP contribution is 2.38. The molecule has 156 valence electrons. The van der Waals surface area contributed by atoms with Crippen molar-refractivity contribution in [3.63, 3.8) is 0 Å². The second-order valence-corrected chi connectivity index (χ2v) is 7.87. The summed E-state index contributed by atoms with van der Waals surface area (Å²) in [5.74, 6) is 0.488. The summed E-state index contributed by atoms with van der Waals surface area (Å²) in [5.41, 5.74) is 1.68. The van der Waals surface area contributed by atoms with Crippen LogP contribution >= 0.6 is 0 Å². The van der Waals surface area contributed by atoms with Crippen LogP contribution < -0.4 is 14.8 Å². The van der Waals surface area contributed by atoms with Crippen LogP contribution in [0.25, 0.3) is 6.08 Å². The Morgan fingerprint density at radius 3 is 2.62 bits per heavy atom. The van der Waals surface area contributed by atoms with Crippen molar-refractivity contribution in [3.8, 4) is 11.5 Å². The number of aliphatic carboxylic acids is 1. The normalized spacial score (nSPS) is 18.0. The summed E-state index contributed by atoms with van der Waals surface area (Å²) in [7, 11) is 0. The minimum Gasteiger partial charge on any atom is -0.481 e. The SMILES string of the molecule is CCC(/C=C/C(=O)NCC1(CC(=O)O)CCCCC1)=C\c1ccc2c(c1)OCO2. The number of benzene rings is 1. The van der Waals surface area contributed by atoms with E-state index in [1.165, 1.54) is 6.08 Å². The highest BCUT2D eigenvalue weighted by Gasteiger charge is 2.34. The molecule has 0 spiro atoms. The smallest absolute Gasteiger partial charge is 0.303 e. The van der Waals surface area contributed by atoms with Gasteiger partial charge in [-0.2, -0.15) is 0 Å². The van der Waals surface area contributed by atoms with Gasteiger partial charge >= 0.3 is 5.97 Å². The third-order valence-electron chi connectivity index (χ3n) is 5.68. The van der Waals surface area contributed by atoms with Crippen molar-refractivity contribution in [2.75, 3.05) is 13.3 Å². The Balaban J connectivity index is 1.60. The maximum Gasteiger partial charge on any atom is 0.303 e. The van der Waals surface area contributed by atoms with Gasteiger partial charge in [0.1, 0.15) is 0 Å². The first-order chi connectivity index (χ1) is 14.0. The van der Waals surface area contributed by atoms with E-state index >= 15 is 0 Å². The molecule has 29 heavy (non-hydrogen) atoms. The predicted molar refractivity (Wildman–Crippen MR) is 111 cm³/mol. The lowest BCUT2D eigenvalue weighted by Crippen LogP contribution is -2.40. The molecule has 1 amide bonds. The second-order valence-electron chi connectivity index (χ2n) is 7.87. The Bertz CT molecular complexity index is 805. The first-order valence-corrected chi connectivity index (χ1v) is 10.3. The fourth-order valence-corrected chi connectivity index (χ4v) is 4.04. The average Bonchev–Trinajstić information content (AvgIpc) is 3.17. The van der Waals surface area contributed by atoms with Gasteiger partial charge in [0.15, 0.2) is 11.5 Å². The Morgan fingerprint density at radius 2 is 1.90 bits per heavy atom. The summed E-state index contributed by atoms with van der Waals surface area (Å²) in [6.45, 7) is 2.69. The van der Waals surface area contributed by atoms with E-state index in [1.54, 1.807) is 0 Å². The molecule has 1 fully saturated rings. The summed E-state index contributed by atoms with van der Waals surface area (Å²) in [5, 5.41) is 12.2. The van der Waals surface area contributed by atoms with Gasteiger partial charge in [-0.25, -0.2) is 0 Å². The van der Waals surface area contributed by atoms with Crippen LogP contribution in [-0.2, 0) is 9.59 Å². The maximum atomic E-state index is 12.3. The van der Waals surface area contributed by atoms with E-state index in [0.29, 0.717) is 6.54 Å². The van der Waals surface area contributed by atoms with Gasteiger partial charge in [0, 0.05) is 12.6 Å². The molecule has 6 heteroatoms. The number of nitrogens with one attached hydrogen (secondary N) is 1. The first-order valence-electron chi connectivity index (χ1n) is 10.3. The van der Waals surface area contributed by atoms with Gasteiger partial charge in [0.25, 0.3) is 0 Å². The van der Waals surface area contributed by atoms with Crippen LogP contribution in [0.15, 0.2) is 35.9 Å². The summed E-state index contributed by atoms with van der Waals surface area (Å²) in [6, 6.07) is 5.75. The van der Waals surface area contributed by atoms with Crippen LogP contribution in [-0.4, -0.2) is 30.3 Å². The van der Waals surface area contributed by atoms with E-state index in [-0.39, 0.29) is 24.5 Å². The van der Waals surface area contributed by atoms with E-state index in [9.17, 15) is 14.7 Å². The summed E-state index contributed by atoms with van der Waals surface area (Å²) < 4.78 is 10.7. The topological polar surface area (TPSA) is 84.9 Å². The third-order valence-corrected chi connectivity index (χ3v) is 5.68. The second kappa shape index (κ2) is 9.63. The van der Waals surface area contributed by atoms with Crippen LogP contribution in [0.4, 0.5) is 0 Å². The zero-order chi connectivity index (χ0) is 20.7. The van der Waals surface area contributed by atoms with Crippen LogP contribution in [0.2, 0.25) is 0 Å². The number of amides is 1. The van der Waals surface area contributed by atoms with Gasteiger partial charge in [0.2, 0.25) is 12.7 Å². The molecular weight excluding hydrogens is 370 g/mol. The molecule has 0 aromatic heterocycles. The highest BCUT2D eigenvalue weighted by molar-refractivity contribution is 5.88. The van der Waals surface area contributed by atoms with Gasteiger partial charge in [-0.3, -0.25) is 9.59 Å². The lowest BCUT2D eigenvalue weighted by molar-refractivity contribution is -0.140. The molecule has 1 aliphatic heterocycles. The van der Waals surface area contributed by atoms with Crippen molar-refractivity contribution in [1.29, 1.82) is 0 Å².